The van der Waals surface area contributed by atoms with Gasteiger partial charge in [0.25, 0.3) is 11.8 Å². The lowest BCUT2D eigenvalue weighted by Crippen LogP contribution is -2.40. The number of hydrogen-bond donors (Lipinski definition) is 4. The topological polar surface area (TPSA) is 99.3 Å². The lowest BCUT2D eigenvalue weighted by Gasteiger charge is -2.23. The van der Waals surface area contributed by atoms with E-state index in [1.807, 2.05) is 20.8 Å². The maximum atomic E-state index is 12.7. The van der Waals surface area contributed by atoms with Gasteiger partial charge < -0.3 is 21.3 Å². The third kappa shape index (κ3) is 7.76. The van der Waals surface area contributed by atoms with Crippen LogP contribution in [0.4, 0.5) is 11.4 Å². The summed E-state index contributed by atoms with van der Waals surface area (Å²) < 4.78 is 0. The van der Waals surface area contributed by atoms with E-state index in [0.717, 1.165) is 25.7 Å². The lowest BCUT2D eigenvalue weighted by molar-refractivity contribution is -0.114. The van der Waals surface area contributed by atoms with Gasteiger partial charge >= 0.3 is 0 Å². The second-order valence-electron chi connectivity index (χ2n) is 9.69. The van der Waals surface area contributed by atoms with E-state index in [1.165, 1.54) is 6.42 Å². The summed E-state index contributed by atoms with van der Waals surface area (Å²) in [5.74, 6) is -0.639. The van der Waals surface area contributed by atoms with Crippen LogP contribution in [0.3, 0.4) is 0 Å². The second-order valence-corrected chi connectivity index (χ2v) is 10.1. The Hall–Kier alpha value is -3.06. The number of anilines is 2. The van der Waals surface area contributed by atoms with Gasteiger partial charge in [-0.3, -0.25) is 14.4 Å². The van der Waals surface area contributed by atoms with Crippen molar-refractivity contribution < 1.29 is 14.4 Å². The number of benzene rings is 2. The molecule has 4 N–H and O–H groups in total. The molecule has 0 saturated heterocycles. The predicted molar refractivity (Wildman–Crippen MR) is 137 cm³/mol. The van der Waals surface area contributed by atoms with E-state index < -0.39 is 0 Å². The molecular weight excluding hydrogens is 452 g/mol. The Morgan fingerprint density at radius 3 is 2.21 bits per heavy atom. The van der Waals surface area contributed by atoms with E-state index in [9.17, 15) is 14.4 Å². The van der Waals surface area contributed by atoms with Crippen LogP contribution in [0, 0.1) is 0 Å². The van der Waals surface area contributed by atoms with Gasteiger partial charge in [-0.2, -0.15) is 0 Å². The molecule has 0 spiro atoms. The molecule has 3 amide bonds. The van der Waals surface area contributed by atoms with Gasteiger partial charge in [0, 0.05) is 28.5 Å². The predicted octanol–water partition coefficient (Wildman–Crippen LogP) is 4.98. The van der Waals surface area contributed by atoms with Crippen LogP contribution < -0.4 is 21.3 Å². The van der Waals surface area contributed by atoms with Crippen molar-refractivity contribution in [2.24, 2.45) is 0 Å². The molecule has 1 aliphatic carbocycles. The van der Waals surface area contributed by atoms with Gasteiger partial charge in [0.1, 0.15) is 0 Å². The number of carbonyl (C=O) groups is 3. The highest BCUT2D eigenvalue weighted by Crippen LogP contribution is 2.23. The summed E-state index contributed by atoms with van der Waals surface area (Å²) in [5, 5.41) is 12.1. The van der Waals surface area contributed by atoms with Crippen LogP contribution in [0.1, 0.15) is 73.6 Å². The first-order chi connectivity index (χ1) is 16.1. The molecule has 0 atom stereocenters. The van der Waals surface area contributed by atoms with E-state index in [4.69, 9.17) is 11.6 Å². The van der Waals surface area contributed by atoms with Crippen molar-refractivity contribution in [3.63, 3.8) is 0 Å². The van der Waals surface area contributed by atoms with Crippen LogP contribution in [0.15, 0.2) is 42.5 Å². The summed E-state index contributed by atoms with van der Waals surface area (Å²) >= 11 is 6.24. The molecule has 1 saturated carbocycles. The molecule has 2 aromatic rings. The summed E-state index contributed by atoms with van der Waals surface area (Å²) in [6, 6.07) is 12.0. The van der Waals surface area contributed by atoms with Gasteiger partial charge in [0.15, 0.2) is 0 Å². The fraction of sp³-hybridized carbons (Fsp3) is 0.423. The van der Waals surface area contributed by atoms with Gasteiger partial charge in [-0.15, -0.1) is 0 Å². The summed E-state index contributed by atoms with van der Waals surface area (Å²) in [6.45, 7) is 5.80. The van der Waals surface area contributed by atoms with E-state index in [2.05, 4.69) is 21.3 Å². The number of amides is 3. The van der Waals surface area contributed by atoms with Crippen molar-refractivity contribution in [2.75, 3.05) is 17.2 Å². The Labute approximate surface area is 206 Å². The van der Waals surface area contributed by atoms with Crippen LogP contribution in [-0.2, 0) is 4.79 Å². The minimum Gasteiger partial charge on any atom is -0.376 e. The number of hydrogen-bond acceptors (Lipinski definition) is 4. The average Bonchev–Trinajstić information content (AvgIpc) is 2.79. The zero-order valence-corrected chi connectivity index (χ0v) is 20.7. The molecule has 7 nitrogen and oxygen atoms in total. The van der Waals surface area contributed by atoms with Crippen LogP contribution in [0.5, 0.6) is 0 Å². The molecule has 182 valence electrons. The smallest absolute Gasteiger partial charge is 0.253 e. The average molecular weight is 485 g/mol. The molecule has 0 aliphatic heterocycles. The van der Waals surface area contributed by atoms with Crippen molar-refractivity contribution in [1.82, 2.24) is 10.6 Å². The summed E-state index contributed by atoms with van der Waals surface area (Å²) in [7, 11) is 0. The Morgan fingerprint density at radius 2 is 1.56 bits per heavy atom. The molecule has 0 unspecified atom stereocenters. The van der Waals surface area contributed by atoms with Crippen molar-refractivity contribution in [2.45, 2.75) is 64.5 Å². The number of nitrogens with one attached hydrogen (secondary N) is 4. The van der Waals surface area contributed by atoms with E-state index >= 15 is 0 Å². The van der Waals surface area contributed by atoms with Crippen LogP contribution in [-0.4, -0.2) is 35.8 Å². The Morgan fingerprint density at radius 1 is 0.912 bits per heavy atom. The highest BCUT2D eigenvalue weighted by atomic mass is 35.5. The quantitative estimate of drug-likeness (QED) is 0.445. The van der Waals surface area contributed by atoms with E-state index in [0.29, 0.717) is 27.5 Å². The number of rotatable bonds is 7. The molecule has 0 aromatic heterocycles. The molecule has 1 fully saturated rings. The van der Waals surface area contributed by atoms with Gasteiger partial charge in [-0.05, 0) is 76.1 Å². The third-order valence-electron chi connectivity index (χ3n) is 5.52. The molecule has 1 aliphatic rings. The molecule has 0 radical (unpaired) electrons. The van der Waals surface area contributed by atoms with Crippen molar-refractivity contribution in [3.05, 3.63) is 58.6 Å². The maximum Gasteiger partial charge on any atom is 0.253 e. The maximum absolute atomic E-state index is 12.7. The van der Waals surface area contributed by atoms with Crippen molar-refractivity contribution in [3.8, 4) is 0 Å². The molecule has 2 aromatic carbocycles. The van der Waals surface area contributed by atoms with Crippen LogP contribution in [0.25, 0.3) is 0 Å². The first-order valence-electron chi connectivity index (χ1n) is 11.7. The lowest BCUT2D eigenvalue weighted by atomic mass is 9.95. The van der Waals surface area contributed by atoms with Crippen molar-refractivity contribution in [1.29, 1.82) is 0 Å². The Bertz CT molecular complexity index is 1030. The zero-order chi connectivity index (χ0) is 24.7. The fourth-order valence-electron chi connectivity index (χ4n) is 3.83. The summed E-state index contributed by atoms with van der Waals surface area (Å²) in [6.07, 6.45) is 5.41. The van der Waals surface area contributed by atoms with E-state index in [1.54, 1.807) is 42.5 Å². The minimum absolute atomic E-state index is 0.0275. The SMILES string of the molecule is CC(C)(C)NC(=O)c1ccc(NCC(=O)Nc2ccc(Cl)c(C(=O)NC3CCCCC3)c2)cc1. The standard InChI is InChI=1S/C26H33ClN4O3/c1-26(2,3)31-24(33)17-9-11-18(12-10-17)28-16-23(32)29-20-13-14-22(27)21(15-20)25(34)30-19-7-5-4-6-8-19/h9-15,19,28H,4-8,16H2,1-3H3,(H,29,32)(H,30,34)(H,31,33). The molecule has 0 bridgehead atoms. The first-order valence-corrected chi connectivity index (χ1v) is 12.1. The van der Waals surface area contributed by atoms with Crippen molar-refractivity contribution >= 4 is 40.7 Å². The number of halogens is 1. The molecular formula is C26H33ClN4O3. The highest BCUT2D eigenvalue weighted by molar-refractivity contribution is 6.34. The summed E-state index contributed by atoms with van der Waals surface area (Å²) in [5.41, 5.74) is 1.79. The van der Waals surface area contributed by atoms with Gasteiger partial charge in [-0.25, -0.2) is 0 Å². The van der Waals surface area contributed by atoms with Crippen LogP contribution in [0.2, 0.25) is 5.02 Å². The van der Waals surface area contributed by atoms with Gasteiger partial charge in [0.2, 0.25) is 5.91 Å². The highest BCUT2D eigenvalue weighted by Gasteiger charge is 2.19. The third-order valence-corrected chi connectivity index (χ3v) is 5.85. The monoisotopic (exact) mass is 484 g/mol. The normalized spacial score (nSPS) is 14.2. The molecule has 34 heavy (non-hydrogen) atoms. The van der Waals surface area contributed by atoms with Gasteiger partial charge in [-0.1, -0.05) is 30.9 Å². The molecule has 0 heterocycles. The Balaban J connectivity index is 1.53. The minimum atomic E-state index is -0.315. The fourth-order valence-corrected chi connectivity index (χ4v) is 4.03. The van der Waals surface area contributed by atoms with Gasteiger partial charge in [0.05, 0.1) is 17.1 Å². The Kier molecular flexibility index (Phi) is 8.56. The van der Waals surface area contributed by atoms with Crippen LogP contribution >= 0.6 is 11.6 Å². The number of carbonyl (C=O) groups excluding carboxylic acids is 3. The molecule has 3 rings (SSSR count). The largest absolute Gasteiger partial charge is 0.376 e. The zero-order valence-electron chi connectivity index (χ0n) is 20.0. The van der Waals surface area contributed by atoms with E-state index in [-0.39, 0.29) is 35.8 Å². The first kappa shape index (κ1) is 25.6. The second kappa shape index (κ2) is 11.4. The molecule has 8 heteroatoms. The summed E-state index contributed by atoms with van der Waals surface area (Å²) in [4.78, 5) is 37.3.